The molecule has 0 aromatic heterocycles. The van der Waals surface area contributed by atoms with E-state index in [0.29, 0.717) is 10.9 Å². The fourth-order valence-corrected chi connectivity index (χ4v) is 3.16. The van der Waals surface area contributed by atoms with Crippen LogP contribution in [0.15, 0.2) is 18.2 Å². The highest BCUT2D eigenvalue weighted by Gasteiger charge is 2.24. The van der Waals surface area contributed by atoms with Crippen molar-refractivity contribution in [3.05, 3.63) is 34.1 Å². The average Bonchev–Trinajstić information content (AvgIpc) is 2.63. The van der Waals surface area contributed by atoms with E-state index in [9.17, 15) is 14.5 Å². The van der Waals surface area contributed by atoms with Gasteiger partial charge in [0.25, 0.3) is 5.69 Å². The normalized spacial score (nSPS) is 20.1. The maximum absolute atomic E-state index is 13.2. The Kier molecular flexibility index (Phi) is 4.63. The van der Waals surface area contributed by atoms with Gasteiger partial charge in [-0.3, -0.25) is 10.1 Å². The molecule has 1 fully saturated rings. The first-order chi connectivity index (χ1) is 9.11. The molecule has 0 spiro atoms. The lowest BCUT2D eigenvalue weighted by Crippen LogP contribution is -2.30. The topological polar surface area (TPSA) is 46.4 Å². The summed E-state index contributed by atoms with van der Waals surface area (Å²) in [7, 11) is 0. The molecule has 0 aliphatic carbocycles. The first-order valence-corrected chi connectivity index (χ1v) is 7.62. The molecule has 0 bridgehead atoms. The van der Waals surface area contributed by atoms with Gasteiger partial charge in [-0.05, 0) is 31.2 Å². The predicted octanol–water partition coefficient (Wildman–Crippen LogP) is 3.46. The number of anilines is 1. The van der Waals surface area contributed by atoms with Gasteiger partial charge in [0.1, 0.15) is 11.5 Å². The summed E-state index contributed by atoms with van der Waals surface area (Å²) in [5.41, 5.74) is 0.397. The van der Waals surface area contributed by atoms with Crippen molar-refractivity contribution in [2.45, 2.75) is 24.5 Å². The molecule has 4 nitrogen and oxygen atoms in total. The number of nitro benzene ring substituents is 1. The molecule has 1 aromatic rings. The van der Waals surface area contributed by atoms with Crippen molar-refractivity contribution in [2.75, 3.05) is 24.2 Å². The van der Waals surface area contributed by atoms with Gasteiger partial charge < -0.3 is 4.90 Å². The van der Waals surface area contributed by atoms with E-state index in [4.69, 9.17) is 0 Å². The van der Waals surface area contributed by atoms with Crippen LogP contribution in [0, 0.1) is 15.9 Å². The Bertz CT molecular complexity index is 470. The van der Waals surface area contributed by atoms with Crippen molar-refractivity contribution < 1.29 is 9.31 Å². The number of nitrogens with zero attached hydrogens (tertiary/aromatic N) is 2. The number of rotatable bonds is 3. The number of halogens is 1. The Hall–Kier alpha value is -1.30. The lowest BCUT2D eigenvalue weighted by atomic mass is 10.2. The van der Waals surface area contributed by atoms with Gasteiger partial charge in [-0.1, -0.05) is 6.42 Å². The van der Waals surface area contributed by atoms with Crippen molar-refractivity contribution in [3.8, 4) is 0 Å². The zero-order chi connectivity index (χ0) is 13.8. The van der Waals surface area contributed by atoms with E-state index in [0.717, 1.165) is 38.4 Å². The Labute approximate surface area is 116 Å². The summed E-state index contributed by atoms with van der Waals surface area (Å²) >= 11 is 1.79. The van der Waals surface area contributed by atoms with E-state index in [1.54, 1.807) is 11.8 Å². The van der Waals surface area contributed by atoms with Gasteiger partial charge in [0.2, 0.25) is 0 Å². The van der Waals surface area contributed by atoms with E-state index in [2.05, 4.69) is 6.26 Å². The molecule has 1 aromatic carbocycles. The Morgan fingerprint density at radius 1 is 1.47 bits per heavy atom. The number of nitro groups is 1. The van der Waals surface area contributed by atoms with Crippen LogP contribution in [-0.4, -0.2) is 29.5 Å². The van der Waals surface area contributed by atoms with Crippen LogP contribution in [0.1, 0.15) is 19.3 Å². The summed E-state index contributed by atoms with van der Waals surface area (Å²) in [4.78, 5) is 12.6. The van der Waals surface area contributed by atoms with Crippen molar-refractivity contribution in [3.63, 3.8) is 0 Å². The molecular weight excluding hydrogens is 267 g/mol. The molecule has 0 amide bonds. The van der Waals surface area contributed by atoms with Crippen molar-refractivity contribution in [1.82, 2.24) is 0 Å². The van der Waals surface area contributed by atoms with Gasteiger partial charge in [-0.25, -0.2) is 4.39 Å². The summed E-state index contributed by atoms with van der Waals surface area (Å²) in [5, 5.41) is 11.5. The third-order valence-corrected chi connectivity index (χ3v) is 4.49. The molecule has 0 N–H and O–H groups in total. The monoisotopic (exact) mass is 284 g/mol. The quantitative estimate of drug-likeness (QED) is 0.630. The summed E-state index contributed by atoms with van der Waals surface area (Å²) in [6.07, 6.45) is 5.35. The van der Waals surface area contributed by atoms with Crippen LogP contribution in [0.5, 0.6) is 0 Å². The summed E-state index contributed by atoms with van der Waals surface area (Å²) in [6, 6.07) is 3.83. The van der Waals surface area contributed by atoms with Gasteiger partial charge in [0, 0.05) is 18.3 Å². The molecule has 6 heteroatoms. The fraction of sp³-hybridized carbons (Fsp3) is 0.538. The summed E-state index contributed by atoms with van der Waals surface area (Å²) in [6.45, 7) is 1.58. The Balaban J connectivity index is 2.31. The third-order valence-electron chi connectivity index (χ3n) is 3.44. The van der Waals surface area contributed by atoms with Crippen molar-refractivity contribution in [2.24, 2.45) is 0 Å². The minimum absolute atomic E-state index is 0.137. The molecule has 1 heterocycles. The lowest BCUT2D eigenvalue weighted by Gasteiger charge is -2.25. The molecule has 104 valence electrons. The second kappa shape index (κ2) is 6.23. The molecule has 0 radical (unpaired) electrons. The molecule has 1 atom stereocenters. The highest BCUT2D eigenvalue weighted by atomic mass is 32.2. The average molecular weight is 284 g/mol. The van der Waals surface area contributed by atoms with Crippen LogP contribution in [0.4, 0.5) is 15.8 Å². The fourth-order valence-electron chi connectivity index (χ4n) is 2.42. The smallest absolute Gasteiger partial charge is 0.295 e. The van der Waals surface area contributed by atoms with Crippen LogP contribution in [0.3, 0.4) is 0 Å². The minimum Gasteiger partial charge on any atom is -0.365 e. The Morgan fingerprint density at radius 3 is 2.95 bits per heavy atom. The van der Waals surface area contributed by atoms with E-state index in [1.807, 2.05) is 4.90 Å². The van der Waals surface area contributed by atoms with Gasteiger partial charge in [-0.15, -0.1) is 0 Å². The van der Waals surface area contributed by atoms with Gasteiger partial charge >= 0.3 is 0 Å². The van der Waals surface area contributed by atoms with E-state index in [-0.39, 0.29) is 5.69 Å². The molecule has 1 aliphatic heterocycles. The summed E-state index contributed by atoms with van der Waals surface area (Å²) < 4.78 is 13.2. The maximum atomic E-state index is 13.2. The molecule has 0 saturated carbocycles. The third kappa shape index (κ3) is 3.37. The molecule has 2 rings (SSSR count). The number of hydrogen-bond acceptors (Lipinski definition) is 4. The summed E-state index contributed by atoms with van der Waals surface area (Å²) in [5.74, 6) is -0.563. The number of benzene rings is 1. The maximum Gasteiger partial charge on any atom is 0.295 e. The van der Waals surface area contributed by atoms with E-state index < -0.39 is 10.7 Å². The van der Waals surface area contributed by atoms with Crippen LogP contribution >= 0.6 is 11.8 Å². The molecular formula is C13H17FN2O2S. The van der Waals surface area contributed by atoms with Gasteiger partial charge in [-0.2, -0.15) is 11.8 Å². The van der Waals surface area contributed by atoms with Crippen LogP contribution in [0.25, 0.3) is 0 Å². The Morgan fingerprint density at radius 2 is 2.26 bits per heavy atom. The zero-order valence-corrected chi connectivity index (χ0v) is 11.7. The predicted molar refractivity (Wildman–Crippen MR) is 76.4 cm³/mol. The standard InChI is InChI=1S/C13H17FN2O2S/c1-19-11-4-2-3-7-15(9-11)12-6-5-10(14)8-13(12)16(17)18/h5-6,8,11H,2-4,7,9H2,1H3. The van der Waals surface area contributed by atoms with Crippen molar-refractivity contribution in [1.29, 1.82) is 0 Å². The first-order valence-electron chi connectivity index (χ1n) is 6.33. The van der Waals surface area contributed by atoms with E-state index in [1.165, 1.54) is 12.1 Å². The number of thioether (sulfide) groups is 1. The second-order valence-electron chi connectivity index (χ2n) is 4.69. The highest BCUT2D eigenvalue weighted by Crippen LogP contribution is 2.32. The van der Waals surface area contributed by atoms with E-state index >= 15 is 0 Å². The lowest BCUT2D eigenvalue weighted by molar-refractivity contribution is -0.384. The molecule has 1 saturated heterocycles. The van der Waals surface area contributed by atoms with Gasteiger partial charge in [0.15, 0.2) is 0 Å². The van der Waals surface area contributed by atoms with Gasteiger partial charge in [0.05, 0.1) is 11.0 Å². The highest BCUT2D eigenvalue weighted by molar-refractivity contribution is 7.99. The molecule has 1 unspecified atom stereocenters. The molecule has 1 aliphatic rings. The van der Waals surface area contributed by atoms with Crippen molar-refractivity contribution >= 4 is 23.1 Å². The van der Waals surface area contributed by atoms with Crippen LogP contribution in [0.2, 0.25) is 0 Å². The largest absolute Gasteiger partial charge is 0.365 e. The zero-order valence-electron chi connectivity index (χ0n) is 10.8. The SMILES string of the molecule is CSC1CCCCN(c2ccc(F)cc2[N+](=O)[O-])C1. The minimum atomic E-state index is -0.563. The molecule has 19 heavy (non-hydrogen) atoms. The van der Waals surface area contributed by atoms with Crippen LogP contribution < -0.4 is 4.90 Å². The second-order valence-corrected chi connectivity index (χ2v) is 5.83. The first kappa shape index (κ1) is 14.1. The number of hydrogen-bond donors (Lipinski definition) is 0. The van der Waals surface area contributed by atoms with Crippen LogP contribution in [-0.2, 0) is 0 Å².